The lowest BCUT2D eigenvalue weighted by atomic mass is 9.75. The molecular formula is C20H25F2N3O. The summed E-state index contributed by atoms with van der Waals surface area (Å²) in [5.41, 5.74) is 0.435. The van der Waals surface area contributed by atoms with E-state index in [9.17, 15) is 13.6 Å². The molecule has 0 unspecified atom stereocenters. The van der Waals surface area contributed by atoms with Crippen LogP contribution in [0.4, 0.5) is 13.6 Å². The molecule has 140 valence electrons. The molecule has 5 aliphatic heterocycles. The van der Waals surface area contributed by atoms with Crippen molar-refractivity contribution in [2.24, 2.45) is 5.92 Å². The molecule has 26 heavy (non-hydrogen) atoms. The number of amides is 2. The van der Waals surface area contributed by atoms with Gasteiger partial charge in [0, 0.05) is 31.6 Å². The number of benzene rings is 1. The normalized spacial score (nSPS) is 35.8. The monoisotopic (exact) mass is 361 g/mol. The van der Waals surface area contributed by atoms with Crippen molar-refractivity contribution in [3.8, 4) is 0 Å². The molecule has 0 spiro atoms. The van der Waals surface area contributed by atoms with Crippen molar-refractivity contribution in [3.05, 3.63) is 35.4 Å². The highest BCUT2D eigenvalue weighted by Gasteiger charge is 2.55. The second kappa shape index (κ2) is 6.19. The van der Waals surface area contributed by atoms with Gasteiger partial charge in [-0.3, -0.25) is 4.90 Å². The smallest absolute Gasteiger partial charge is 0.320 e. The second-order valence-corrected chi connectivity index (χ2v) is 8.23. The molecule has 0 aromatic heterocycles. The summed E-state index contributed by atoms with van der Waals surface area (Å²) in [6.07, 6.45) is 4.32. The predicted molar refractivity (Wildman–Crippen MR) is 93.9 cm³/mol. The SMILES string of the molecule is O=C(N1CCCC1)N1C[C@@H](c2cccc(F)c2F)[C@@H]2[C@H]1C1CCN2CC1. The maximum atomic E-state index is 14.6. The van der Waals surface area contributed by atoms with Crippen LogP contribution in [0.15, 0.2) is 18.2 Å². The molecule has 4 nitrogen and oxygen atoms in total. The van der Waals surface area contributed by atoms with Crippen LogP contribution in [0.2, 0.25) is 0 Å². The Morgan fingerprint density at radius 1 is 1.00 bits per heavy atom. The number of fused-ring (bicyclic) bond motifs is 2. The molecule has 0 aliphatic carbocycles. The Bertz CT molecular complexity index is 713. The molecule has 5 aliphatic rings. The van der Waals surface area contributed by atoms with Gasteiger partial charge in [0.05, 0.1) is 6.04 Å². The highest BCUT2D eigenvalue weighted by molar-refractivity contribution is 5.76. The topological polar surface area (TPSA) is 26.8 Å². The predicted octanol–water partition coefficient (Wildman–Crippen LogP) is 3.04. The van der Waals surface area contributed by atoms with Crippen LogP contribution in [0.25, 0.3) is 0 Å². The van der Waals surface area contributed by atoms with Crippen molar-refractivity contribution in [1.82, 2.24) is 14.7 Å². The number of carbonyl (C=O) groups excluding carboxylic acids is 1. The minimum atomic E-state index is -0.792. The number of likely N-dealkylation sites (tertiary alicyclic amines) is 2. The van der Waals surface area contributed by atoms with Gasteiger partial charge < -0.3 is 9.80 Å². The maximum Gasteiger partial charge on any atom is 0.320 e. The number of nitrogens with zero attached hydrogens (tertiary/aromatic N) is 3. The van der Waals surface area contributed by atoms with Gasteiger partial charge in [0.1, 0.15) is 0 Å². The molecule has 5 heterocycles. The van der Waals surface area contributed by atoms with Crippen molar-refractivity contribution in [2.75, 3.05) is 32.7 Å². The van der Waals surface area contributed by atoms with E-state index in [2.05, 4.69) is 4.90 Å². The third-order valence-electron chi connectivity index (χ3n) is 7.00. The lowest BCUT2D eigenvalue weighted by Gasteiger charge is -2.51. The van der Waals surface area contributed by atoms with Crippen molar-refractivity contribution in [3.63, 3.8) is 0 Å². The summed E-state index contributed by atoms with van der Waals surface area (Å²) in [5, 5.41) is 0. The van der Waals surface area contributed by atoms with E-state index in [-0.39, 0.29) is 24.0 Å². The van der Waals surface area contributed by atoms with Gasteiger partial charge in [-0.1, -0.05) is 12.1 Å². The average molecular weight is 361 g/mol. The molecule has 3 atom stereocenters. The lowest BCUT2D eigenvalue weighted by molar-refractivity contribution is -0.0000265. The van der Waals surface area contributed by atoms with Gasteiger partial charge in [-0.15, -0.1) is 0 Å². The molecule has 0 saturated carbocycles. The Morgan fingerprint density at radius 2 is 1.73 bits per heavy atom. The van der Waals surface area contributed by atoms with Crippen LogP contribution in [0.1, 0.15) is 37.2 Å². The Hall–Kier alpha value is -1.69. The number of urea groups is 1. The molecular weight excluding hydrogens is 336 g/mol. The highest BCUT2D eigenvalue weighted by Crippen LogP contribution is 2.47. The summed E-state index contributed by atoms with van der Waals surface area (Å²) in [7, 11) is 0. The van der Waals surface area contributed by atoms with E-state index in [0.29, 0.717) is 18.0 Å². The van der Waals surface area contributed by atoms with E-state index >= 15 is 0 Å². The zero-order valence-electron chi connectivity index (χ0n) is 14.9. The highest BCUT2D eigenvalue weighted by atomic mass is 19.2. The Labute approximate surface area is 152 Å². The van der Waals surface area contributed by atoms with Crippen LogP contribution >= 0.6 is 0 Å². The molecule has 6 rings (SSSR count). The van der Waals surface area contributed by atoms with Gasteiger partial charge in [-0.05, 0) is 56.3 Å². The van der Waals surface area contributed by atoms with Crippen molar-refractivity contribution in [2.45, 2.75) is 43.7 Å². The molecule has 0 N–H and O–H groups in total. The van der Waals surface area contributed by atoms with E-state index in [1.807, 2.05) is 9.80 Å². The molecule has 5 saturated heterocycles. The van der Waals surface area contributed by atoms with E-state index in [4.69, 9.17) is 0 Å². The molecule has 1 aromatic rings. The van der Waals surface area contributed by atoms with E-state index in [0.717, 1.165) is 51.9 Å². The number of rotatable bonds is 1. The number of hydrogen-bond donors (Lipinski definition) is 0. The van der Waals surface area contributed by atoms with Crippen LogP contribution < -0.4 is 0 Å². The first-order chi connectivity index (χ1) is 12.6. The summed E-state index contributed by atoms with van der Waals surface area (Å²) in [6, 6.07) is 4.82. The standard InChI is InChI=1S/C20H25F2N3O/c21-16-5-3-4-14(17(16)22)15-12-25(20(26)24-8-1-2-9-24)18-13-6-10-23(11-7-13)19(15)18/h3-5,13,15,18-19H,1-2,6-12H2/t15-,18+,19+/m0/s1. The Kier molecular flexibility index (Phi) is 3.92. The van der Waals surface area contributed by atoms with Gasteiger partial charge >= 0.3 is 6.03 Å². The Balaban J connectivity index is 1.52. The summed E-state index contributed by atoms with van der Waals surface area (Å²) >= 11 is 0. The zero-order valence-corrected chi connectivity index (χ0v) is 14.9. The minimum absolute atomic E-state index is 0.102. The molecule has 5 fully saturated rings. The molecule has 2 amide bonds. The number of hydrogen-bond acceptors (Lipinski definition) is 2. The van der Waals surface area contributed by atoms with E-state index < -0.39 is 11.6 Å². The van der Waals surface area contributed by atoms with E-state index in [1.54, 1.807) is 12.1 Å². The first-order valence-electron chi connectivity index (χ1n) is 9.88. The van der Waals surface area contributed by atoms with Crippen LogP contribution in [0, 0.1) is 17.6 Å². The molecule has 6 heteroatoms. The summed E-state index contributed by atoms with van der Waals surface area (Å²) in [6.45, 7) is 4.15. The number of piperidine rings is 3. The van der Waals surface area contributed by atoms with Crippen LogP contribution in [-0.2, 0) is 0 Å². The second-order valence-electron chi connectivity index (χ2n) is 8.23. The summed E-state index contributed by atoms with van der Waals surface area (Å²) in [5.74, 6) is -1.20. The largest absolute Gasteiger partial charge is 0.325 e. The Morgan fingerprint density at radius 3 is 2.46 bits per heavy atom. The lowest BCUT2D eigenvalue weighted by Crippen LogP contribution is -2.61. The molecule has 2 bridgehead atoms. The molecule has 0 radical (unpaired) electrons. The summed E-state index contributed by atoms with van der Waals surface area (Å²) < 4.78 is 28.4. The van der Waals surface area contributed by atoms with E-state index in [1.165, 1.54) is 6.07 Å². The zero-order chi connectivity index (χ0) is 17.8. The fraction of sp³-hybridized carbons (Fsp3) is 0.650. The van der Waals surface area contributed by atoms with Crippen LogP contribution in [-0.4, -0.2) is 65.5 Å². The first kappa shape index (κ1) is 16.5. The van der Waals surface area contributed by atoms with Gasteiger partial charge in [0.2, 0.25) is 0 Å². The van der Waals surface area contributed by atoms with Gasteiger partial charge in [-0.25, -0.2) is 13.6 Å². The quantitative estimate of drug-likeness (QED) is 0.769. The third-order valence-corrected chi connectivity index (χ3v) is 7.00. The van der Waals surface area contributed by atoms with Crippen molar-refractivity contribution < 1.29 is 13.6 Å². The average Bonchev–Trinajstić information content (AvgIpc) is 3.33. The van der Waals surface area contributed by atoms with Gasteiger partial charge in [0.15, 0.2) is 11.6 Å². The van der Waals surface area contributed by atoms with Crippen LogP contribution in [0.3, 0.4) is 0 Å². The molecule has 1 aromatic carbocycles. The van der Waals surface area contributed by atoms with Crippen LogP contribution in [0.5, 0.6) is 0 Å². The maximum absolute atomic E-state index is 14.6. The number of halogens is 2. The van der Waals surface area contributed by atoms with Crippen molar-refractivity contribution in [1.29, 1.82) is 0 Å². The van der Waals surface area contributed by atoms with Gasteiger partial charge in [0.25, 0.3) is 0 Å². The number of carbonyl (C=O) groups is 1. The fourth-order valence-corrected chi connectivity index (χ4v) is 5.81. The van der Waals surface area contributed by atoms with Gasteiger partial charge in [-0.2, -0.15) is 0 Å². The third kappa shape index (κ3) is 2.38. The summed E-state index contributed by atoms with van der Waals surface area (Å²) in [4.78, 5) is 19.5. The minimum Gasteiger partial charge on any atom is -0.325 e. The fourth-order valence-electron chi connectivity index (χ4n) is 5.81. The van der Waals surface area contributed by atoms with Crippen molar-refractivity contribution >= 4 is 6.03 Å². The first-order valence-corrected chi connectivity index (χ1v) is 9.88.